The van der Waals surface area contributed by atoms with Crippen LogP contribution in [0.3, 0.4) is 0 Å². The average Bonchev–Trinajstić information content (AvgIpc) is 2.04. The van der Waals surface area contributed by atoms with Gasteiger partial charge in [0.2, 0.25) is 0 Å². The van der Waals surface area contributed by atoms with Crippen molar-refractivity contribution in [1.29, 1.82) is 0 Å². The van der Waals surface area contributed by atoms with Crippen LogP contribution in [0.1, 0.15) is 12.8 Å². The van der Waals surface area contributed by atoms with Gasteiger partial charge in [0.05, 0.1) is 12.8 Å². The number of carboxylic acids is 2. The molecule has 0 amide bonds. The van der Waals surface area contributed by atoms with Crippen molar-refractivity contribution in [3.05, 3.63) is 12.8 Å². The van der Waals surface area contributed by atoms with Crippen LogP contribution in [-0.4, -0.2) is 40.1 Å². The summed E-state index contributed by atoms with van der Waals surface area (Å²) in [6.07, 6.45) is 1.43. The largest absolute Gasteiger partial charge is 0.481 e. The molecule has 0 saturated carbocycles. The minimum absolute atomic E-state index is 0.00829. The molecule has 0 aromatic heterocycles. The highest BCUT2D eigenvalue weighted by Crippen LogP contribution is 1.94. The van der Waals surface area contributed by atoms with Gasteiger partial charge in [-0.2, -0.15) is 0 Å². The van der Waals surface area contributed by atoms with Crippen LogP contribution < -0.4 is 0 Å². The first-order valence-corrected chi connectivity index (χ1v) is 3.86. The molecule has 0 radical (unpaired) electrons. The molecule has 0 saturated heterocycles. The van der Waals surface area contributed by atoms with Crippen molar-refractivity contribution in [2.45, 2.75) is 12.8 Å². The standard InChI is InChI=1S/C8H13NO4/c1-2-9(5-3-7(10)11)6-4-8(12)13/h2H,1,3-6H2,(H,10,11)(H,12,13). The van der Waals surface area contributed by atoms with Crippen molar-refractivity contribution in [2.75, 3.05) is 13.1 Å². The number of carbonyl (C=O) groups is 2. The van der Waals surface area contributed by atoms with Gasteiger partial charge in [-0.15, -0.1) is 0 Å². The van der Waals surface area contributed by atoms with Crippen LogP contribution in [0, 0.1) is 0 Å². The molecule has 0 fully saturated rings. The van der Waals surface area contributed by atoms with E-state index in [0.29, 0.717) is 13.1 Å². The molecule has 0 aliphatic rings. The van der Waals surface area contributed by atoms with E-state index in [0.717, 1.165) is 0 Å². The van der Waals surface area contributed by atoms with E-state index in [1.807, 2.05) is 0 Å². The number of hydrogen-bond donors (Lipinski definition) is 2. The van der Waals surface area contributed by atoms with Gasteiger partial charge in [-0.05, 0) is 6.20 Å². The smallest absolute Gasteiger partial charge is 0.305 e. The summed E-state index contributed by atoms with van der Waals surface area (Å²) in [6.45, 7) is 4.05. The molecule has 0 bridgehead atoms. The first-order valence-electron chi connectivity index (χ1n) is 3.86. The van der Waals surface area contributed by atoms with E-state index >= 15 is 0 Å². The van der Waals surface area contributed by atoms with Crippen molar-refractivity contribution >= 4 is 11.9 Å². The van der Waals surface area contributed by atoms with Crippen molar-refractivity contribution < 1.29 is 19.8 Å². The van der Waals surface area contributed by atoms with Gasteiger partial charge in [0.15, 0.2) is 0 Å². The third kappa shape index (κ3) is 6.86. The van der Waals surface area contributed by atoms with Crippen molar-refractivity contribution in [1.82, 2.24) is 4.90 Å². The van der Waals surface area contributed by atoms with E-state index in [1.54, 1.807) is 4.90 Å². The van der Waals surface area contributed by atoms with Gasteiger partial charge in [-0.3, -0.25) is 9.59 Å². The maximum absolute atomic E-state index is 10.2. The molecule has 0 unspecified atom stereocenters. The number of aliphatic carboxylic acids is 2. The lowest BCUT2D eigenvalue weighted by atomic mass is 10.3. The molecule has 2 N–H and O–H groups in total. The predicted octanol–water partition coefficient (Wildman–Crippen LogP) is 0.381. The Hall–Kier alpha value is -1.52. The highest BCUT2D eigenvalue weighted by atomic mass is 16.4. The summed E-state index contributed by atoms with van der Waals surface area (Å²) >= 11 is 0. The fourth-order valence-electron chi connectivity index (χ4n) is 0.773. The lowest BCUT2D eigenvalue weighted by Crippen LogP contribution is -2.23. The SMILES string of the molecule is C=CN(CCC(=O)O)CCC(=O)O. The Morgan fingerprint density at radius 2 is 1.54 bits per heavy atom. The highest BCUT2D eigenvalue weighted by molar-refractivity contribution is 5.67. The zero-order chi connectivity index (χ0) is 10.3. The first-order chi connectivity index (χ1) is 6.06. The molecule has 0 heterocycles. The Morgan fingerprint density at radius 3 is 1.77 bits per heavy atom. The van der Waals surface area contributed by atoms with Gasteiger partial charge in [-0.1, -0.05) is 6.58 Å². The molecule has 13 heavy (non-hydrogen) atoms. The van der Waals surface area contributed by atoms with Crippen LogP contribution >= 0.6 is 0 Å². The number of hydrogen-bond acceptors (Lipinski definition) is 3. The molecule has 5 nitrogen and oxygen atoms in total. The van der Waals surface area contributed by atoms with Crippen LogP contribution in [0.15, 0.2) is 12.8 Å². The normalized spacial score (nSPS) is 9.23. The fraction of sp³-hybridized carbons (Fsp3) is 0.500. The molecule has 0 aliphatic carbocycles. The molecule has 5 heteroatoms. The van der Waals surface area contributed by atoms with Gasteiger partial charge in [0.1, 0.15) is 0 Å². The second kappa shape index (κ2) is 6.05. The molecular weight excluding hydrogens is 174 g/mol. The topological polar surface area (TPSA) is 77.8 Å². The molecule has 0 atom stereocenters. The van der Waals surface area contributed by atoms with E-state index in [9.17, 15) is 9.59 Å². The quantitative estimate of drug-likeness (QED) is 0.602. The third-order valence-electron chi connectivity index (χ3n) is 1.48. The predicted molar refractivity (Wildman–Crippen MR) is 46.3 cm³/mol. The van der Waals surface area contributed by atoms with Crippen LogP contribution in [0.5, 0.6) is 0 Å². The number of carboxylic acid groups (broad SMARTS) is 2. The van der Waals surface area contributed by atoms with Gasteiger partial charge in [0, 0.05) is 13.1 Å². The Morgan fingerprint density at radius 1 is 1.15 bits per heavy atom. The van der Waals surface area contributed by atoms with Gasteiger partial charge < -0.3 is 15.1 Å². The summed E-state index contributed by atoms with van der Waals surface area (Å²) in [7, 11) is 0. The third-order valence-corrected chi connectivity index (χ3v) is 1.48. The molecule has 0 aromatic rings. The summed E-state index contributed by atoms with van der Waals surface area (Å²) < 4.78 is 0. The summed E-state index contributed by atoms with van der Waals surface area (Å²) in [5.41, 5.74) is 0. The van der Waals surface area contributed by atoms with Crippen molar-refractivity contribution in [3.8, 4) is 0 Å². The fourth-order valence-corrected chi connectivity index (χ4v) is 0.773. The lowest BCUT2D eigenvalue weighted by Gasteiger charge is -2.17. The van der Waals surface area contributed by atoms with E-state index < -0.39 is 11.9 Å². The second-order valence-electron chi connectivity index (χ2n) is 2.51. The Labute approximate surface area is 76.3 Å². The first kappa shape index (κ1) is 11.5. The Balaban J connectivity index is 3.69. The molecule has 0 aliphatic heterocycles. The number of nitrogens with zero attached hydrogens (tertiary/aromatic N) is 1. The molecule has 0 rings (SSSR count). The van der Waals surface area contributed by atoms with Crippen LogP contribution in [0.2, 0.25) is 0 Å². The second-order valence-corrected chi connectivity index (χ2v) is 2.51. The summed E-state index contributed by atoms with van der Waals surface area (Å²) in [5, 5.41) is 16.7. The van der Waals surface area contributed by atoms with E-state index in [4.69, 9.17) is 10.2 Å². The minimum Gasteiger partial charge on any atom is -0.481 e. The Bertz CT molecular complexity index is 184. The zero-order valence-corrected chi connectivity index (χ0v) is 7.27. The summed E-state index contributed by atoms with van der Waals surface area (Å²) in [5.74, 6) is -1.80. The highest BCUT2D eigenvalue weighted by Gasteiger charge is 2.04. The van der Waals surface area contributed by atoms with E-state index in [1.165, 1.54) is 6.20 Å². The summed E-state index contributed by atoms with van der Waals surface area (Å²) in [4.78, 5) is 21.9. The monoisotopic (exact) mass is 187 g/mol. The van der Waals surface area contributed by atoms with E-state index in [2.05, 4.69) is 6.58 Å². The molecule has 0 aromatic carbocycles. The average molecular weight is 187 g/mol. The van der Waals surface area contributed by atoms with Crippen molar-refractivity contribution in [2.24, 2.45) is 0 Å². The van der Waals surface area contributed by atoms with Gasteiger partial charge in [0.25, 0.3) is 0 Å². The number of rotatable bonds is 7. The zero-order valence-electron chi connectivity index (χ0n) is 7.27. The van der Waals surface area contributed by atoms with Crippen LogP contribution in [0.25, 0.3) is 0 Å². The molecule has 0 spiro atoms. The summed E-state index contributed by atoms with van der Waals surface area (Å²) in [6, 6.07) is 0. The Kier molecular flexibility index (Phi) is 5.34. The molecular formula is C8H13NO4. The van der Waals surface area contributed by atoms with Crippen LogP contribution in [-0.2, 0) is 9.59 Å². The van der Waals surface area contributed by atoms with E-state index in [-0.39, 0.29) is 12.8 Å². The minimum atomic E-state index is -0.901. The van der Waals surface area contributed by atoms with Crippen LogP contribution in [0.4, 0.5) is 0 Å². The van der Waals surface area contributed by atoms with Gasteiger partial charge >= 0.3 is 11.9 Å². The van der Waals surface area contributed by atoms with Gasteiger partial charge in [-0.25, -0.2) is 0 Å². The molecule has 74 valence electrons. The maximum atomic E-state index is 10.2. The van der Waals surface area contributed by atoms with Crippen molar-refractivity contribution in [3.63, 3.8) is 0 Å². The maximum Gasteiger partial charge on any atom is 0.305 e. The lowest BCUT2D eigenvalue weighted by molar-refractivity contribution is -0.137.